The molecule has 0 aromatic rings. The van der Waals surface area contributed by atoms with Gasteiger partial charge in [-0.25, -0.2) is 9.00 Å². The minimum Gasteiger partial charge on any atom is -0.444 e. The van der Waals surface area contributed by atoms with Crippen LogP contribution < -0.4 is 5.14 Å². The van der Waals surface area contributed by atoms with Crippen LogP contribution in [-0.4, -0.2) is 52.4 Å². The van der Waals surface area contributed by atoms with Crippen LogP contribution in [0, 0.1) is 0 Å². The fourth-order valence-electron chi connectivity index (χ4n) is 1.50. The molecule has 2 atom stereocenters. The van der Waals surface area contributed by atoms with E-state index >= 15 is 0 Å². The Kier molecular flexibility index (Phi) is 4.91. The van der Waals surface area contributed by atoms with Gasteiger partial charge in [0.15, 0.2) is 0 Å². The number of hydrogen-bond acceptors (Lipinski definition) is 4. The molecule has 6 nitrogen and oxygen atoms in total. The Morgan fingerprint density at radius 1 is 1.59 bits per heavy atom. The summed E-state index contributed by atoms with van der Waals surface area (Å²) in [5, 5.41) is 5.20. The summed E-state index contributed by atoms with van der Waals surface area (Å²) in [4.78, 5) is 13.3. The lowest BCUT2D eigenvalue weighted by Crippen LogP contribution is -2.49. The van der Waals surface area contributed by atoms with E-state index in [4.69, 9.17) is 14.6 Å². The normalized spacial score (nSPS) is 23.3. The summed E-state index contributed by atoms with van der Waals surface area (Å²) in [7, 11) is -1.41. The van der Waals surface area contributed by atoms with Gasteiger partial charge < -0.3 is 14.4 Å². The van der Waals surface area contributed by atoms with Gasteiger partial charge in [-0.3, -0.25) is 5.14 Å². The third-order valence-corrected chi connectivity index (χ3v) is 2.84. The van der Waals surface area contributed by atoms with Crippen LogP contribution in [0.2, 0.25) is 0 Å². The van der Waals surface area contributed by atoms with Crippen LogP contribution in [0.5, 0.6) is 0 Å². The predicted octanol–water partition coefficient (Wildman–Crippen LogP) is 0.245. The summed E-state index contributed by atoms with van der Waals surface area (Å²) < 4.78 is 21.5. The van der Waals surface area contributed by atoms with Crippen LogP contribution in [0.4, 0.5) is 4.79 Å². The van der Waals surface area contributed by atoms with E-state index < -0.39 is 16.6 Å². The molecule has 1 fully saturated rings. The van der Waals surface area contributed by atoms with Crippen molar-refractivity contribution in [3.05, 3.63) is 0 Å². The lowest BCUT2D eigenvalue weighted by molar-refractivity contribution is -0.0340. The number of carbonyl (C=O) groups is 1. The standard InChI is InChI=1S/C10H20N2O4S/c1-10(2,3)16-9(13)12-4-5-15-8(6-12)7-17(11)14/h8H,4-7,11H2,1-3H3. The molecule has 0 aliphatic carbocycles. The quantitative estimate of drug-likeness (QED) is 0.775. The van der Waals surface area contributed by atoms with E-state index in [2.05, 4.69) is 0 Å². The van der Waals surface area contributed by atoms with E-state index in [-0.39, 0.29) is 18.0 Å². The SMILES string of the molecule is CC(C)(C)OC(=O)N1CCOC(CS(N)=O)C1. The van der Waals surface area contributed by atoms with Gasteiger partial charge >= 0.3 is 6.09 Å². The van der Waals surface area contributed by atoms with Gasteiger partial charge in [0, 0.05) is 6.54 Å². The van der Waals surface area contributed by atoms with Crippen molar-refractivity contribution in [2.75, 3.05) is 25.4 Å². The zero-order valence-corrected chi connectivity index (χ0v) is 11.3. The van der Waals surface area contributed by atoms with Crippen LogP contribution in [0.1, 0.15) is 20.8 Å². The number of carbonyl (C=O) groups excluding carboxylic acids is 1. The van der Waals surface area contributed by atoms with Gasteiger partial charge in [0.2, 0.25) is 0 Å². The molecule has 0 bridgehead atoms. The van der Waals surface area contributed by atoms with Gasteiger partial charge in [-0.1, -0.05) is 0 Å². The van der Waals surface area contributed by atoms with Crippen molar-refractivity contribution in [1.29, 1.82) is 0 Å². The number of rotatable bonds is 2. The highest BCUT2D eigenvalue weighted by molar-refractivity contribution is 7.82. The van der Waals surface area contributed by atoms with Crippen LogP contribution in [0.25, 0.3) is 0 Å². The first-order chi connectivity index (χ1) is 7.78. The van der Waals surface area contributed by atoms with E-state index in [9.17, 15) is 9.00 Å². The first kappa shape index (κ1) is 14.4. The van der Waals surface area contributed by atoms with Crippen molar-refractivity contribution in [1.82, 2.24) is 4.90 Å². The molecule has 17 heavy (non-hydrogen) atoms. The highest BCUT2D eigenvalue weighted by atomic mass is 32.2. The zero-order valence-electron chi connectivity index (χ0n) is 10.5. The molecule has 1 heterocycles. The van der Waals surface area contributed by atoms with E-state index in [0.29, 0.717) is 19.7 Å². The number of nitrogens with zero attached hydrogens (tertiary/aromatic N) is 1. The molecule has 1 saturated heterocycles. The molecule has 1 rings (SSSR count). The smallest absolute Gasteiger partial charge is 0.410 e. The molecule has 0 radical (unpaired) electrons. The van der Waals surface area contributed by atoms with Gasteiger partial charge in [-0.15, -0.1) is 0 Å². The second-order valence-corrected chi connectivity index (χ2v) is 6.06. The summed E-state index contributed by atoms with van der Waals surface area (Å²) in [5.74, 6) is 0.235. The number of amides is 1. The van der Waals surface area contributed by atoms with Crippen molar-refractivity contribution >= 4 is 17.1 Å². The van der Waals surface area contributed by atoms with E-state index in [1.807, 2.05) is 20.8 Å². The monoisotopic (exact) mass is 264 g/mol. The number of nitrogens with two attached hydrogens (primary N) is 1. The second kappa shape index (κ2) is 5.79. The molecule has 7 heteroatoms. The number of ether oxygens (including phenoxy) is 2. The minimum absolute atomic E-state index is 0.235. The van der Waals surface area contributed by atoms with Crippen molar-refractivity contribution < 1.29 is 18.5 Å². The third-order valence-electron chi connectivity index (χ3n) is 2.14. The van der Waals surface area contributed by atoms with Gasteiger partial charge in [-0.2, -0.15) is 0 Å². The Hall–Kier alpha value is -0.660. The first-order valence-corrected chi connectivity index (χ1v) is 6.88. The Bertz CT molecular complexity index is 303. The molecule has 2 N–H and O–H groups in total. The summed E-state index contributed by atoms with van der Waals surface area (Å²) >= 11 is 0. The van der Waals surface area contributed by atoms with Gasteiger partial charge in [0.1, 0.15) is 5.60 Å². The maximum Gasteiger partial charge on any atom is 0.410 e. The third kappa shape index (κ3) is 5.47. The summed E-state index contributed by atoms with van der Waals surface area (Å²) in [6.45, 7) is 6.73. The van der Waals surface area contributed by atoms with E-state index in [0.717, 1.165) is 0 Å². The fourth-order valence-corrected chi connectivity index (χ4v) is 2.06. The molecule has 0 aromatic heterocycles. The van der Waals surface area contributed by atoms with Crippen molar-refractivity contribution in [2.45, 2.75) is 32.5 Å². The Morgan fingerprint density at radius 2 is 2.24 bits per heavy atom. The van der Waals surface area contributed by atoms with Crippen LogP contribution >= 0.6 is 0 Å². The minimum atomic E-state index is -1.41. The maximum absolute atomic E-state index is 11.8. The topological polar surface area (TPSA) is 81.9 Å². The van der Waals surface area contributed by atoms with Crippen LogP contribution in [0.3, 0.4) is 0 Å². The van der Waals surface area contributed by atoms with Gasteiger partial charge in [0.25, 0.3) is 0 Å². The fraction of sp³-hybridized carbons (Fsp3) is 0.900. The Morgan fingerprint density at radius 3 is 2.76 bits per heavy atom. The second-order valence-electron chi connectivity index (χ2n) is 4.97. The Balaban J connectivity index is 2.49. The number of hydrogen-bond donors (Lipinski definition) is 1. The summed E-state index contributed by atoms with van der Waals surface area (Å²) in [5.41, 5.74) is -0.512. The molecule has 0 aromatic carbocycles. The predicted molar refractivity (Wildman–Crippen MR) is 64.7 cm³/mol. The molecule has 100 valence electrons. The van der Waals surface area contributed by atoms with Gasteiger partial charge in [-0.05, 0) is 20.8 Å². The highest BCUT2D eigenvalue weighted by Gasteiger charge is 2.28. The summed E-state index contributed by atoms with van der Waals surface area (Å²) in [6.07, 6.45) is -0.643. The molecule has 1 aliphatic heterocycles. The average Bonchev–Trinajstić information content (AvgIpc) is 2.14. The summed E-state index contributed by atoms with van der Waals surface area (Å²) in [6, 6.07) is 0. The lowest BCUT2D eigenvalue weighted by atomic mass is 10.2. The molecule has 1 amide bonds. The van der Waals surface area contributed by atoms with Crippen molar-refractivity contribution in [3.63, 3.8) is 0 Å². The Labute approximate surface area is 104 Å². The van der Waals surface area contributed by atoms with Crippen LogP contribution in [0.15, 0.2) is 0 Å². The maximum atomic E-state index is 11.8. The molecular formula is C10H20N2O4S. The lowest BCUT2D eigenvalue weighted by Gasteiger charge is -2.33. The molecule has 1 aliphatic rings. The van der Waals surface area contributed by atoms with Crippen molar-refractivity contribution in [2.24, 2.45) is 5.14 Å². The first-order valence-electron chi connectivity index (χ1n) is 5.50. The molecule has 0 saturated carbocycles. The molecule has 0 spiro atoms. The molecule has 2 unspecified atom stereocenters. The zero-order chi connectivity index (χ0) is 13.1. The average molecular weight is 264 g/mol. The molecular weight excluding hydrogens is 244 g/mol. The van der Waals surface area contributed by atoms with Crippen LogP contribution in [-0.2, 0) is 20.5 Å². The number of morpholine rings is 1. The largest absolute Gasteiger partial charge is 0.444 e. The van der Waals surface area contributed by atoms with Gasteiger partial charge in [0.05, 0.1) is 36.0 Å². The van der Waals surface area contributed by atoms with E-state index in [1.54, 1.807) is 4.90 Å². The highest BCUT2D eigenvalue weighted by Crippen LogP contribution is 2.13. The van der Waals surface area contributed by atoms with Crippen molar-refractivity contribution in [3.8, 4) is 0 Å². The van der Waals surface area contributed by atoms with E-state index in [1.165, 1.54) is 0 Å².